The Kier molecular flexibility index (Phi) is 2.47. The van der Waals surface area contributed by atoms with Gasteiger partial charge in [-0.25, -0.2) is 4.98 Å². The zero-order valence-corrected chi connectivity index (χ0v) is 10.4. The van der Waals surface area contributed by atoms with E-state index in [9.17, 15) is 5.26 Å². The third-order valence-corrected chi connectivity index (χ3v) is 4.33. The van der Waals surface area contributed by atoms with Crippen LogP contribution in [0.15, 0.2) is 0 Å². The lowest BCUT2D eigenvalue weighted by molar-refractivity contribution is 0.436. The smallest absolute Gasteiger partial charge is 0.127 e. The van der Waals surface area contributed by atoms with E-state index >= 15 is 0 Å². The number of aromatic nitrogens is 2. The molecule has 2 aliphatic rings. The molecule has 1 aromatic rings. The van der Waals surface area contributed by atoms with Crippen LogP contribution >= 0.6 is 0 Å². The Balaban J connectivity index is 1.88. The Morgan fingerprint density at radius 2 is 2.00 bits per heavy atom. The fourth-order valence-corrected chi connectivity index (χ4v) is 3.00. The molecule has 0 radical (unpaired) electrons. The number of hydrogen-bond acceptors (Lipinski definition) is 2. The standard InChI is InChI=1S/C14H19N3/c1-10-12(11-5-3-2-4-6-11)17-13(16-10)14(9-15)7-8-14/h11H,2-8H2,1H3,(H,16,17). The minimum atomic E-state index is -0.266. The Morgan fingerprint density at radius 1 is 1.29 bits per heavy atom. The summed E-state index contributed by atoms with van der Waals surface area (Å²) in [7, 11) is 0. The molecule has 0 spiro atoms. The van der Waals surface area contributed by atoms with Gasteiger partial charge in [0, 0.05) is 11.6 Å². The summed E-state index contributed by atoms with van der Waals surface area (Å²) in [5.74, 6) is 1.56. The van der Waals surface area contributed by atoms with E-state index in [1.165, 1.54) is 43.5 Å². The summed E-state index contributed by atoms with van der Waals surface area (Å²) in [6.45, 7) is 2.11. The third-order valence-electron chi connectivity index (χ3n) is 4.33. The second kappa shape index (κ2) is 3.87. The van der Waals surface area contributed by atoms with Crippen molar-refractivity contribution in [2.45, 2.75) is 63.2 Å². The van der Waals surface area contributed by atoms with E-state index in [0.29, 0.717) is 5.92 Å². The molecule has 0 unspecified atom stereocenters. The van der Waals surface area contributed by atoms with Gasteiger partial charge in [-0.3, -0.25) is 0 Å². The van der Waals surface area contributed by atoms with Crippen LogP contribution in [0.25, 0.3) is 0 Å². The maximum absolute atomic E-state index is 9.21. The molecular weight excluding hydrogens is 210 g/mol. The fraction of sp³-hybridized carbons (Fsp3) is 0.714. The number of imidazole rings is 1. The maximum Gasteiger partial charge on any atom is 0.127 e. The van der Waals surface area contributed by atoms with E-state index in [1.807, 2.05) is 0 Å². The van der Waals surface area contributed by atoms with Crippen LogP contribution < -0.4 is 0 Å². The second-order valence-electron chi connectivity index (χ2n) is 5.62. The van der Waals surface area contributed by atoms with E-state index in [4.69, 9.17) is 4.98 Å². The van der Waals surface area contributed by atoms with Crippen molar-refractivity contribution in [1.29, 1.82) is 5.26 Å². The van der Waals surface area contributed by atoms with Crippen LogP contribution in [-0.4, -0.2) is 9.97 Å². The van der Waals surface area contributed by atoms with Crippen LogP contribution in [0.1, 0.15) is 68.1 Å². The van der Waals surface area contributed by atoms with E-state index < -0.39 is 0 Å². The molecule has 2 fully saturated rings. The van der Waals surface area contributed by atoms with E-state index in [1.54, 1.807) is 0 Å². The number of nitrogens with one attached hydrogen (secondary N) is 1. The molecule has 0 saturated heterocycles. The Labute approximate surface area is 102 Å². The summed E-state index contributed by atoms with van der Waals surface area (Å²) < 4.78 is 0. The van der Waals surface area contributed by atoms with Crippen LogP contribution in [0.4, 0.5) is 0 Å². The molecule has 3 rings (SSSR count). The van der Waals surface area contributed by atoms with Crippen molar-refractivity contribution < 1.29 is 0 Å². The number of nitriles is 1. The first-order valence-electron chi connectivity index (χ1n) is 6.73. The van der Waals surface area contributed by atoms with Crippen LogP contribution in [0.2, 0.25) is 0 Å². The first-order valence-corrected chi connectivity index (χ1v) is 6.73. The van der Waals surface area contributed by atoms with Crippen LogP contribution in [-0.2, 0) is 5.41 Å². The zero-order valence-electron chi connectivity index (χ0n) is 10.4. The fourth-order valence-electron chi connectivity index (χ4n) is 3.00. The molecule has 0 bridgehead atoms. The molecule has 0 atom stereocenters. The summed E-state index contributed by atoms with van der Waals surface area (Å²) in [4.78, 5) is 8.12. The molecule has 2 saturated carbocycles. The molecule has 17 heavy (non-hydrogen) atoms. The Bertz CT molecular complexity index is 456. The quantitative estimate of drug-likeness (QED) is 0.845. The average Bonchev–Trinajstić information content (AvgIpc) is 3.08. The summed E-state index contributed by atoms with van der Waals surface area (Å²) >= 11 is 0. The topological polar surface area (TPSA) is 52.5 Å². The van der Waals surface area contributed by atoms with E-state index in [-0.39, 0.29) is 5.41 Å². The van der Waals surface area contributed by atoms with Gasteiger partial charge in [-0.05, 0) is 32.6 Å². The van der Waals surface area contributed by atoms with Gasteiger partial charge in [-0.2, -0.15) is 5.26 Å². The minimum absolute atomic E-state index is 0.266. The lowest BCUT2D eigenvalue weighted by Gasteiger charge is -2.20. The minimum Gasteiger partial charge on any atom is -0.345 e. The van der Waals surface area contributed by atoms with Crippen molar-refractivity contribution in [3.8, 4) is 6.07 Å². The number of nitrogens with zero attached hydrogens (tertiary/aromatic N) is 2. The molecule has 1 heterocycles. The monoisotopic (exact) mass is 229 g/mol. The first-order chi connectivity index (χ1) is 8.25. The molecule has 0 aliphatic heterocycles. The van der Waals surface area contributed by atoms with Gasteiger partial charge in [0.15, 0.2) is 0 Å². The third kappa shape index (κ3) is 1.76. The molecule has 2 aliphatic carbocycles. The van der Waals surface area contributed by atoms with Crippen molar-refractivity contribution in [2.24, 2.45) is 0 Å². The van der Waals surface area contributed by atoms with Gasteiger partial charge >= 0.3 is 0 Å². The van der Waals surface area contributed by atoms with Crippen molar-refractivity contribution in [2.75, 3.05) is 0 Å². The highest BCUT2D eigenvalue weighted by Gasteiger charge is 2.48. The van der Waals surface area contributed by atoms with Crippen molar-refractivity contribution in [3.63, 3.8) is 0 Å². The molecule has 3 nitrogen and oxygen atoms in total. The SMILES string of the molecule is Cc1[nH]c(C2(C#N)CC2)nc1C1CCCCC1. The lowest BCUT2D eigenvalue weighted by Crippen LogP contribution is -2.08. The predicted octanol–water partition coefficient (Wildman–Crippen LogP) is 3.32. The van der Waals surface area contributed by atoms with Gasteiger partial charge in [0.1, 0.15) is 11.2 Å². The predicted molar refractivity (Wildman–Crippen MR) is 65.7 cm³/mol. The van der Waals surface area contributed by atoms with Gasteiger partial charge in [-0.15, -0.1) is 0 Å². The molecule has 0 amide bonds. The number of aromatic amines is 1. The normalized spacial score (nSPS) is 23.3. The van der Waals surface area contributed by atoms with Crippen LogP contribution in [0.3, 0.4) is 0 Å². The molecule has 3 heteroatoms. The number of aryl methyl sites for hydroxylation is 1. The highest BCUT2D eigenvalue weighted by Crippen LogP contribution is 2.47. The molecular formula is C14H19N3. The van der Waals surface area contributed by atoms with E-state index in [2.05, 4.69) is 18.0 Å². The summed E-state index contributed by atoms with van der Waals surface area (Å²) in [6.07, 6.45) is 8.51. The van der Waals surface area contributed by atoms with E-state index in [0.717, 1.165) is 18.7 Å². The number of rotatable bonds is 2. The summed E-state index contributed by atoms with van der Waals surface area (Å²) in [6, 6.07) is 2.42. The molecule has 0 aromatic carbocycles. The van der Waals surface area contributed by atoms with Gasteiger partial charge in [-0.1, -0.05) is 19.3 Å². The van der Waals surface area contributed by atoms with Crippen molar-refractivity contribution in [3.05, 3.63) is 17.2 Å². The largest absolute Gasteiger partial charge is 0.345 e. The maximum atomic E-state index is 9.21. The Hall–Kier alpha value is -1.30. The number of H-pyrrole nitrogens is 1. The molecule has 1 N–H and O–H groups in total. The van der Waals surface area contributed by atoms with Gasteiger partial charge < -0.3 is 4.98 Å². The van der Waals surface area contributed by atoms with Crippen LogP contribution in [0.5, 0.6) is 0 Å². The zero-order chi connectivity index (χ0) is 11.9. The van der Waals surface area contributed by atoms with Crippen molar-refractivity contribution in [1.82, 2.24) is 9.97 Å². The summed E-state index contributed by atoms with van der Waals surface area (Å²) in [5, 5.41) is 9.21. The highest BCUT2D eigenvalue weighted by atomic mass is 15.0. The van der Waals surface area contributed by atoms with Gasteiger partial charge in [0.25, 0.3) is 0 Å². The van der Waals surface area contributed by atoms with Crippen molar-refractivity contribution >= 4 is 0 Å². The Morgan fingerprint density at radius 3 is 2.59 bits per heavy atom. The molecule has 90 valence electrons. The first kappa shape index (κ1) is 10.8. The molecule has 1 aromatic heterocycles. The highest BCUT2D eigenvalue weighted by molar-refractivity contribution is 5.33. The van der Waals surface area contributed by atoms with Crippen LogP contribution in [0, 0.1) is 18.3 Å². The second-order valence-corrected chi connectivity index (χ2v) is 5.62. The number of hydrogen-bond donors (Lipinski definition) is 1. The van der Waals surface area contributed by atoms with Gasteiger partial charge in [0.2, 0.25) is 0 Å². The summed E-state index contributed by atoms with van der Waals surface area (Å²) in [5.41, 5.74) is 2.16. The lowest BCUT2D eigenvalue weighted by atomic mass is 9.86. The average molecular weight is 229 g/mol. The van der Waals surface area contributed by atoms with Gasteiger partial charge in [0.05, 0.1) is 11.8 Å².